The van der Waals surface area contributed by atoms with Gasteiger partial charge in [-0.2, -0.15) is 26.3 Å². The van der Waals surface area contributed by atoms with Crippen LogP contribution in [0.2, 0.25) is 0 Å². The number of nitrogens with zero attached hydrogens (tertiary/aromatic N) is 1. The lowest BCUT2D eigenvalue weighted by Crippen LogP contribution is -2.31. The van der Waals surface area contributed by atoms with Crippen LogP contribution < -0.4 is 4.90 Å². The Labute approximate surface area is 169 Å². The van der Waals surface area contributed by atoms with Crippen LogP contribution in [0.15, 0.2) is 66.7 Å². The van der Waals surface area contributed by atoms with E-state index in [0.717, 1.165) is 17.2 Å². The molecule has 0 N–H and O–H groups in total. The van der Waals surface area contributed by atoms with Gasteiger partial charge in [0.25, 0.3) is 0 Å². The number of para-hydroxylation sites is 2. The molecule has 0 unspecified atom stereocenters. The minimum absolute atomic E-state index is 0.181. The van der Waals surface area contributed by atoms with E-state index in [1.54, 1.807) is 36.4 Å². The van der Waals surface area contributed by atoms with E-state index in [2.05, 4.69) is 0 Å². The fourth-order valence-electron chi connectivity index (χ4n) is 4.06. The fraction of sp³-hybridized carbons (Fsp3) is 0.217. The number of benzene rings is 3. The molecular weight excluding hydrogens is 404 g/mol. The van der Waals surface area contributed by atoms with Crippen molar-refractivity contribution in [2.45, 2.75) is 31.6 Å². The monoisotopic (exact) mass is 421 g/mol. The Kier molecular flexibility index (Phi) is 4.42. The maximum absolute atomic E-state index is 13.9. The normalized spacial score (nSPS) is 15.5. The standard InChI is InChI=1S/C23H17F6N/c1-21(2)15-7-3-5-9-18(15)30(19-10-6-4-8-16(19)21)20-12-11-14(22(24,25)26)13-17(20)23(27,28)29/h3-13H,1-2H3. The van der Waals surface area contributed by atoms with Gasteiger partial charge in [0.1, 0.15) is 0 Å². The molecule has 30 heavy (non-hydrogen) atoms. The summed E-state index contributed by atoms with van der Waals surface area (Å²) in [6.07, 6.45) is -9.84. The zero-order valence-electron chi connectivity index (χ0n) is 16.1. The Morgan fingerprint density at radius 2 is 1.13 bits per heavy atom. The Morgan fingerprint density at radius 3 is 1.60 bits per heavy atom. The maximum atomic E-state index is 13.9. The van der Waals surface area contributed by atoms with Crippen molar-refractivity contribution in [3.8, 4) is 0 Å². The molecule has 0 radical (unpaired) electrons. The predicted octanol–water partition coefficient (Wildman–Crippen LogP) is 7.83. The second-order valence-electron chi connectivity index (χ2n) is 7.72. The molecule has 0 amide bonds. The van der Waals surface area contributed by atoms with E-state index in [-0.39, 0.29) is 11.8 Å². The van der Waals surface area contributed by atoms with Gasteiger partial charge < -0.3 is 4.90 Å². The van der Waals surface area contributed by atoms with Crippen molar-refractivity contribution in [1.29, 1.82) is 0 Å². The van der Waals surface area contributed by atoms with Crippen LogP contribution in [-0.2, 0) is 17.8 Å². The lowest BCUT2D eigenvalue weighted by molar-refractivity contribution is -0.142. The molecule has 3 aromatic rings. The van der Waals surface area contributed by atoms with Crippen molar-refractivity contribution in [1.82, 2.24) is 0 Å². The number of hydrogen-bond donors (Lipinski definition) is 0. The van der Waals surface area contributed by atoms with E-state index in [0.29, 0.717) is 17.4 Å². The van der Waals surface area contributed by atoms with Gasteiger partial charge in [-0.3, -0.25) is 0 Å². The Hall–Kier alpha value is -2.96. The van der Waals surface area contributed by atoms with Crippen LogP contribution in [0.1, 0.15) is 36.1 Å². The van der Waals surface area contributed by atoms with Gasteiger partial charge in [-0.25, -0.2) is 0 Å². The van der Waals surface area contributed by atoms with E-state index in [1.165, 1.54) is 4.90 Å². The Morgan fingerprint density at radius 1 is 0.633 bits per heavy atom. The number of alkyl halides is 6. The first-order valence-electron chi connectivity index (χ1n) is 9.20. The molecule has 0 aromatic heterocycles. The molecule has 0 spiro atoms. The summed E-state index contributed by atoms with van der Waals surface area (Å²) in [6.45, 7) is 3.94. The van der Waals surface area contributed by atoms with Crippen LogP contribution >= 0.6 is 0 Å². The molecule has 0 fully saturated rings. The van der Waals surface area contributed by atoms with Gasteiger partial charge >= 0.3 is 12.4 Å². The smallest absolute Gasteiger partial charge is 0.309 e. The predicted molar refractivity (Wildman–Crippen MR) is 103 cm³/mol. The second kappa shape index (κ2) is 6.52. The summed E-state index contributed by atoms with van der Waals surface area (Å²) in [5.74, 6) is 0. The van der Waals surface area contributed by atoms with Crippen LogP contribution in [0, 0.1) is 0 Å². The number of rotatable bonds is 1. The van der Waals surface area contributed by atoms with Crippen molar-refractivity contribution >= 4 is 17.1 Å². The van der Waals surface area contributed by atoms with Gasteiger partial charge in [0.05, 0.1) is 28.2 Å². The lowest BCUT2D eigenvalue weighted by atomic mass is 9.73. The topological polar surface area (TPSA) is 3.24 Å². The van der Waals surface area contributed by atoms with Crippen LogP contribution in [0.3, 0.4) is 0 Å². The van der Waals surface area contributed by atoms with Crippen LogP contribution in [0.4, 0.5) is 43.4 Å². The molecule has 0 aliphatic carbocycles. The van der Waals surface area contributed by atoms with Gasteiger partial charge in [-0.15, -0.1) is 0 Å². The quantitative estimate of drug-likeness (QED) is 0.362. The lowest BCUT2D eigenvalue weighted by Gasteiger charge is -2.42. The molecule has 0 atom stereocenters. The van der Waals surface area contributed by atoms with E-state index < -0.39 is 28.9 Å². The maximum Gasteiger partial charge on any atom is 0.418 e. The average Bonchev–Trinajstić information content (AvgIpc) is 2.67. The molecule has 0 bridgehead atoms. The first-order chi connectivity index (χ1) is 13.9. The number of anilines is 3. The summed E-state index contributed by atoms with van der Waals surface area (Å²) >= 11 is 0. The molecular formula is C23H17F6N. The summed E-state index contributed by atoms with van der Waals surface area (Å²) in [5, 5.41) is 0. The highest BCUT2D eigenvalue weighted by Gasteiger charge is 2.42. The molecule has 3 aromatic carbocycles. The first kappa shape index (κ1) is 20.3. The number of hydrogen-bond acceptors (Lipinski definition) is 1. The zero-order valence-corrected chi connectivity index (χ0v) is 16.1. The van der Waals surface area contributed by atoms with E-state index in [4.69, 9.17) is 0 Å². The summed E-state index contributed by atoms with van der Waals surface area (Å²) in [4.78, 5) is 1.40. The van der Waals surface area contributed by atoms with Gasteiger partial charge in [-0.1, -0.05) is 50.2 Å². The summed E-state index contributed by atoms with van der Waals surface area (Å²) in [7, 11) is 0. The van der Waals surface area contributed by atoms with Gasteiger partial charge in [0.15, 0.2) is 0 Å². The van der Waals surface area contributed by atoms with Crippen molar-refractivity contribution in [2.24, 2.45) is 0 Å². The molecule has 4 rings (SSSR count). The Balaban J connectivity index is 2.05. The highest BCUT2D eigenvalue weighted by molar-refractivity contribution is 5.87. The summed E-state index contributed by atoms with van der Waals surface area (Å²) < 4.78 is 81.0. The number of halogens is 6. The van der Waals surface area contributed by atoms with Crippen molar-refractivity contribution in [3.63, 3.8) is 0 Å². The third-order valence-electron chi connectivity index (χ3n) is 5.51. The fourth-order valence-corrected chi connectivity index (χ4v) is 4.06. The Bertz CT molecular complexity index is 1060. The first-order valence-corrected chi connectivity index (χ1v) is 9.20. The molecule has 7 heteroatoms. The summed E-state index contributed by atoms with van der Waals surface area (Å²) in [5.41, 5.74) is -0.912. The number of fused-ring (bicyclic) bond motifs is 2. The van der Waals surface area contributed by atoms with E-state index in [1.807, 2.05) is 26.0 Å². The third-order valence-corrected chi connectivity index (χ3v) is 5.51. The van der Waals surface area contributed by atoms with Gasteiger partial charge in [0, 0.05) is 5.41 Å². The van der Waals surface area contributed by atoms with E-state index in [9.17, 15) is 26.3 Å². The molecule has 0 saturated heterocycles. The zero-order chi connectivity index (χ0) is 21.9. The van der Waals surface area contributed by atoms with Crippen LogP contribution in [0.5, 0.6) is 0 Å². The summed E-state index contributed by atoms with van der Waals surface area (Å²) in [6, 6.07) is 15.8. The SMILES string of the molecule is CC1(C)c2ccccc2N(c2ccc(C(F)(F)F)cc2C(F)(F)F)c2ccccc21. The van der Waals surface area contributed by atoms with Crippen LogP contribution in [-0.4, -0.2) is 0 Å². The minimum atomic E-state index is -4.96. The highest BCUT2D eigenvalue weighted by Crippen LogP contribution is 2.54. The third kappa shape index (κ3) is 3.13. The van der Waals surface area contributed by atoms with Gasteiger partial charge in [-0.05, 0) is 41.5 Å². The van der Waals surface area contributed by atoms with Crippen LogP contribution in [0.25, 0.3) is 0 Å². The molecule has 1 heterocycles. The second-order valence-corrected chi connectivity index (χ2v) is 7.72. The highest BCUT2D eigenvalue weighted by atomic mass is 19.4. The van der Waals surface area contributed by atoms with Crippen molar-refractivity contribution in [3.05, 3.63) is 89.0 Å². The average molecular weight is 421 g/mol. The molecule has 1 nitrogen and oxygen atoms in total. The van der Waals surface area contributed by atoms with Crippen molar-refractivity contribution < 1.29 is 26.3 Å². The molecule has 1 aliphatic rings. The van der Waals surface area contributed by atoms with E-state index >= 15 is 0 Å². The molecule has 0 saturated carbocycles. The molecule has 156 valence electrons. The molecule has 1 aliphatic heterocycles. The van der Waals surface area contributed by atoms with Gasteiger partial charge in [0.2, 0.25) is 0 Å². The van der Waals surface area contributed by atoms with Crippen molar-refractivity contribution in [2.75, 3.05) is 4.90 Å². The minimum Gasteiger partial charge on any atom is -0.309 e. The largest absolute Gasteiger partial charge is 0.418 e.